The van der Waals surface area contributed by atoms with Gasteiger partial charge >= 0.3 is 12.4 Å². The van der Waals surface area contributed by atoms with E-state index < -0.39 is 17.9 Å². The van der Waals surface area contributed by atoms with Gasteiger partial charge in [0.2, 0.25) is 5.88 Å². The molecule has 1 aliphatic heterocycles. The van der Waals surface area contributed by atoms with Gasteiger partial charge in [-0.2, -0.15) is 13.2 Å². The quantitative estimate of drug-likeness (QED) is 0.493. The molecule has 208 valence electrons. The van der Waals surface area contributed by atoms with Crippen LogP contribution in [0.15, 0.2) is 18.3 Å². The molecular formula is C26H34F4N5O3+. The predicted molar refractivity (Wildman–Crippen MR) is 128 cm³/mol. The lowest BCUT2D eigenvalue weighted by Crippen LogP contribution is -2.44. The van der Waals surface area contributed by atoms with Gasteiger partial charge in [0, 0.05) is 43.9 Å². The molecule has 0 saturated heterocycles. The first kappa shape index (κ1) is 28.0. The number of nitrogens with one attached hydrogen (secondary N) is 1. The molecule has 1 saturated carbocycles. The lowest BCUT2D eigenvalue weighted by atomic mass is 9.81. The first-order valence-corrected chi connectivity index (χ1v) is 13.0. The van der Waals surface area contributed by atoms with Crippen LogP contribution >= 0.6 is 0 Å². The van der Waals surface area contributed by atoms with Crippen LogP contribution in [0.3, 0.4) is 0 Å². The fraction of sp³-hybridized carbons (Fsp3) is 0.654. The number of halogens is 4. The lowest BCUT2D eigenvalue weighted by Gasteiger charge is -2.35. The lowest BCUT2D eigenvalue weighted by molar-refractivity contribution is -0.412. The molecule has 38 heavy (non-hydrogen) atoms. The number of rotatable bonds is 9. The summed E-state index contributed by atoms with van der Waals surface area (Å²) in [5.74, 6) is 0.111. The van der Waals surface area contributed by atoms with Gasteiger partial charge in [0.15, 0.2) is 12.7 Å². The number of carbonyl (C=O) groups excluding carboxylic acids is 1. The number of aryl methyl sites for hydroxylation is 1. The fourth-order valence-electron chi connectivity index (χ4n) is 4.87. The standard InChI is InChI=1S/C26H33F4N5O3/c1-18(26(28,29)30)38-24-4-3-19-7-12-35(13-8-22(19)33-24)14-11-25(27)9-5-20(6-10-25)32-23(36)17-37-21-15-31-34(2)16-21/h3-4,16,18,20H,5-14,17H2,1-2H3/p+1. The van der Waals surface area contributed by atoms with Crippen LogP contribution in [0.25, 0.3) is 0 Å². The van der Waals surface area contributed by atoms with Crippen LogP contribution in [0.5, 0.6) is 11.6 Å². The Labute approximate surface area is 219 Å². The van der Waals surface area contributed by atoms with E-state index in [0.29, 0.717) is 63.8 Å². The molecule has 12 heteroatoms. The van der Waals surface area contributed by atoms with Crippen molar-refractivity contribution in [2.75, 3.05) is 26.2 Å². The molecule has 1 aliphatic carbocycles. The SMILES string of the molecule is CC(Oc1ccc2c(n1)CCN(CCC1(F)CCC(NC(=O)COc3c#[n+]n(C)c3)CC1)CC2)C(F)(F)F. The minimum absolute atomic E-state index is 0.0319. The highest BCUT2D eigenvalue weighted by Gasteiger charge is 2.38. The number of hydrogen-bond donors (Lipinski definition) is 1. The van der Waals surface area contributed by atoms with E-state index in [-0.39, 0.29) is 24.4 Å². The van der Waals surface area contributed by atoms with Gasteiger partial charge in [0.1, 0.15) is 11.9 Å². The summed E-state index contributed by atoms with van der Waals surface area (Å²) in [6.07, 6.45) is 1.44. The summed E-state index contributed by atoms with van der Waals surface area (Å²) >= 11 is 0. The third-order valence-corrected chi connectivity index (χ3v) is 7.27. The Balaban J connectivity index is 1.18. The maximum atomic E-state index is 15.5. The van der Waals surface area contributed by atoms with Crippen molar-refractivity contribution in [1.29, 1.82) is 0 Å². The van der Waals surface area contributed by atoms with Crippen molar-refractivity contribution in [2.24, 2.45) is 7.05 Å². The average Bonchev–Trinajstić information content (AvgIpc) is 3.18. The summed E-state index contributed by atoms with van der Waals surface area (Å²) < 4.78 is 65.9. The number of hydrogen-bond acceptors (Lipinski definition) is 5. The molecule has 2 aliphatic rings. The van der Waals surface area contributed by atoms with Gasteiger partial charge in [0.05, 0.1) is 12.1 Å². The Morgan fingerprint density at radius 3 is 2.71 bits per heavy atom. The molecule has 1 amide bonds. The number of ether oxygens (including phenoxy) is 2. The zero-order valence-electron chi connectivity index (χ0n) is 21.7. The molecule has 3 heterocycles. The summed E-state index contributed by atoms with van der Waals surface area (Å²) in [5, 5.41) is 6.78. The van der Waals surface area contributed by atoms with E-state index in [2.05, 4.69) is 26.5 Å². The van der Waals surface area contributed by atoms with Gasteiger partial charge in [0.25, 0.3) is 11.7 Å². The topological polar surface area (TPSA) is 82.7 Å². The van der Waals surface area contributed by atoms with E-state index in [0.717, 1.165) is 24.7 Å². The molecule has 0 spiro atoms. The fourth-order valence-corrected chi connectivity index (χ4v) is 4.87. The van der Waals surface area contributed by atoms with Crippen LogP contribution in [0.4, 0.5) is 17.6 Å². The highest BCUT2D eigenvalue weighted by molar-refractivity contribution is 5.77. The average molecular weight is 541 g/mol. The van der Waals surface area contributed by atoms with E-state index in [4.69, 9.17) is 9.47 Å². The Morgan fingerprint density at radius 1 is 1.29 bits per heavy atom. The second-order valence-electron chi connectivity index (χ2n) is 10.2. The van der Waals surface area contributed by atoms with Crippen molar-refractivity contribution in [3.05, 3.63) is 35.8 Å². The van der Waals surface area contributed by atoms with Crippen molar-refractivity contribution >= 4 is 5.91 Å². The Morgan fingerprint density at radius 2 is 2.03 bits per heavy atom. The monoisotopic (exact) mass is 540 g/mol. The van der Waals surface area contributed by atoms with Gasteiger partial charge in [-0.25, -0.2) is 9.37 Å². The molecule has 1 atom stereocenters. The van der Waals surface area contributed by atoms with Gasteiger partial charge in [-0.3, -0.25) is 4.79 Å². The van der Waals surface area contributed by atoms with Gasteiger partial charge < -0.3 is 19.7 Å². The second-order valence-corrected chi connectivity index (χ2v) is 10.2. The molecule has 0 bridgehead atoms. The zero-order chi connectivity index (χ0) is 27.3. The summed E-state index contributed by atoms with van der Waals surface area (Å²) in [6.45, 7) is 2.80. The Kier molecular flexibility index (Phi) is 8.65. The molecule has 4 rings (SSSR count). The minimum Gasteiger partial charge on any atom is -0.469 e. The smallest absolute Gasteiger partial charge is 0.425 e. The number of aromatic nitrogens is 3. The van der Waals surface area contributed by atoms with Crippen molar-refractivity contribution in [3.63, 3.8) is 0 Å². The maximum absolute atomic E-state index is 15.5. The zero-order valence-corrected chi connectivity index (χ0v) is 21.7. The summed E-state index contributed by atoms with van der Waals surface area (Å²) in [6, 6.07) is 3.17. The second kappa shape index (κ2) is 11.8. The first-order chi connectivity index (χ1) is 18.0. The van der Waals surface area contributed by atoms with E-state index in [9.17, 15) is 18.0 Å². The minimum atomic E-state index is -4.45. The van der Waals surface area contributed by atoms with E-state index in [1.165, 1.54) is 10.7 Å². The number of nitrogens with zero attached hydrogens (tertiary/aromatic N) is 4. The molecule has 1 N–H and O–H groups in total. The van der Waals surface area contributed by atoms with Crippen LogP contribution in [0.2, 0.25) is 0 Å². The molecule has 0 radical (unpaired) electrons. The molecule has 0 aromatic carbocycles. The van der Waals surface area contributed by atoms with Crippen LogP contribution in [-0.4, -0.2) is 70.7 Å². The van der Waals surface area contributed by atoms with Crippen LogP contribution in [-0.2, 0) is 24.7 Å². The predicted octanol–water partition coefficient (Wildman–Crippen LogP) is 2.79. The first-order valence-electron chi connectivity index (χ1n) is 13.0. The van der Waals surface area contributed by atoms with Gasteiger partial charge in [-0.15, -0.1) is 0 Å². The number of amides is 1. The number of pyridine rings is 1. The molecular weight excluding hydrogens is 506 g/mol. The normalized spacial score (nSPS) is 23.1. The number of fused-ring (bicyclic) bond motifs is 1. The summed E-state index contributed by atoms with van der Waals surface area (Å²) in [5.41, 5.74) is 0.432. The van der Waals surface area contributed by atoms with Crippen molar-refractivity contribution in [3.8, 4) is 11.6 Å². The highest BCUT2D eigenvalue weighted by Crippen LogP contribution is 2.35. The Hall–Kier alpha value is -3.07. The van der Waals surface area contributed by atoms with E-state index in [1.54, 1.807) is 19.3 Å². The third-order valence-electron chi connectivity index (χ3n) is 7.27. The molecule has 1 fully saturated rings. The van der Waals surface area contributed by atoms with Gasteiger partial charge in [-0.05, 0) is 55.7 Å². The van der Waals surface area contributed by atoms with Crippen molar-refractivity contribution in [1.82, 2.24) is 19.9 Å². The maximum Gasteiger partial charge on any atom is 0.425 e. The summed E-state index contributed by atoms with van der Waals surface area (Å²) in [4.78, 5) is 18.7. The van der Waals surface area contributed by atoms with Gasteiger partial charge in [-0.1, -0.05) is 6.07 Å². The number of alkyl halides is 4. The van der Waals surface area contributed by atoms with Crippen molar-refractivity contribution in [2.45, 2.75) is 75.9 Å². The summed E-state index contributed by atoms with van der Waals surface area (Å²) in [7, 11) is 1.73. The van der Waals surface area contributed by atoms with E-state index in [1.807, 2.05) is 0 Å². The largest absolute Gasteiger partial charge is 0.469 e. The van der Waals surface area contributed by atoms with Crippen LogP contribution in [0, 0.1) is 6.20 Å². The molecule has 8 nitrogen and oxygen atoms in total. The molecule has 1 unspecified atom stereocenters. The van der Waals surface area contributed by atoms with E-state index >= 15 is 4.39 Å². The van der Waals surface area contributed by atoms with Crippen LogP contribution in [0.1, 0.15) is 50.3 Å². The highest BCUT2D eigenvalue weighted by atomic mass is 19.4. The Bertz CT molecular complexity index is 1090. The molecule has 2 aromatic rings. The van der Waals surface area contributed by atoms with Crippen LogP contribution < -0.4 is 19.9 Å². The molecule has 2 aromatic heterocycles. The third kappa shape index (κ3) is 7.72. The van der Waals surface area contributed by atoms with Crippen molar-refractivity contribution < 1.29 is 36.9 Å². The number of carbonyl (C=O) groups is 1.